The molecule has 0 saturated heterocycles. The Kier molecular flexibility index (Phi) is 7.31. The minimum atomic E-state index is -0.485. The van der Waals surface area contributed by atoms with Gasteiger partial charge >= 0.3 is 5.69 Å². The van der Waals surface area contributed by atoms with E-state index in [0.717, 1.165) is 11.3 Å². The summed E-state index contributed by atoms with van der Waals surface area (Å²) in [5.41, 5.74) is 2.67. The molecule has 3 aromatic carbocycles. The van der Waals surface area contributed by atoms with Gasteiger partial charge in [-0.15, -0.1) is 0 Å². The normalized spacial score (nSPS) is 10.8. The number of azo groups is 1. The van der Waals surface area contributed by atoms with E-state index in [1.54, 1.807) is 47.5 Å². The lowest BCUT2D eigenvalue weighted by Crippen LogP contribution is -2.21. The summed E-state index contributed by atoms with van der Waals surface area (Å²) in [4.78, 5) is 26.4. The fourth-order valence-electron chi connectivity index (χ4n) is 3.73. The molecule has 0 amide bonds. The van der Waals surface area contributed by atoms with Crippen LogP contribution in [0.5, 0.6) is 0 Å². The first kappa shape index (κ1) is 24.2. The molecule has 5 rings (SSSR count). The standard InChI is InChI=1S/C28H22N8O2/c37-36(38)26-27(32-22-14-16-24(17-15-22)34-33-23-11-5-2-6-12-23)30-20-31-28(26)35(25-13-7-8-18-29-25)19-21-9-3-1-4-10-21/h1-18,20H,19H2,(H,30,31,32). The lowest BCUT2D eigenvalue weighted by atomic mass is 10.2. The Labute approximate surface area is 218 Å². The van der Waals surface area contributed by atoms with Crippen LogP contribution in [0.4, 0.5) is 40.2 Å². The summed E-state index contributed by atoms with van der Waals surface area (Å²) in [6, 6.07) is 31.5. The third kappa shape index (κ3) is 5.82. The van der Waals surface area contributed by atoms with Crippen molar-refractivity contribution in [1.82, 2.24) is 15.0 Å². The molecule has 0 fully saturated rings. The van der Waals surface area contributed by atoms with Crippen molar-refractivity contribution >= 4 is 40.2 Å². The third-order valence-corrected chi connectivity index (χ3v) is 5.52. The Hall–Kier alpha value is -5.51. The number of nitrogens with one attached hydrogen (secondary N) is 1. The van der Waals surface area contributed by atoms with Gasteiger partial charge in [-0.25, -0.2) is 15.0 Å². The molecule has 38 heavy (non-hydrogen) atoms. The van der Waals surface area contributed by atoms with Crippen LogP contribution < -0.4 is 10.2 Å². The number of aromatic nitrogens is 3. The predicted octanol–water partition coefficient (Wildman–Crippen LogP) is 7.28. The monoisotopic (exact) mass is 502 g/mol. The SMILES string of the molecule is O=[N+]([O-])c1c(Nc2ccc(N=Nc3ccccc3)cc2)ncnc1N(Cc1ccccc1)c1ccccn1. The second-order valence-electron chi connectivity index (χ2n) is 8.12. The molecule has 0 saturated carbocycles. The van der Waals surface area contributed by atoms with E-state index < -0.39 is 4.92 Å². The van der Waals surface area contributed by atoms with Crippen LogP contribution in [0.1, 0.15) is 5.56 Å². The molecule has 5 aromatic rings. The Morgan fingerprint density at radius 2 is 1.42 bits per heavy atom. The van der Waals surface area contributed by atoms with Gasteiger partial charge in [-0.2, -0.15) is 10.2 Å². The van der Waals surface area contributed by atoms with Crippen molar-refractivity contribution in [3.8, 4) is 0 Å². The fourth-order valence-corrected chi connectivity index (χ4v) is 3.73. The van der Waals surface area contributed by atoms with Gasteiger partial charge in [-0.05, 0) is 54.1 Å². The molecule has 0 radical (unpaired) electrons. The first-order valence-corrected chi connectivity index (χ1v) is 11.7. The highest BCUT2D eigenvalue weighted by Gasteiger charge is 2.29. The molecule has 10 heteroatoms. The van der Waals surface area contributed by atoms with Gasteiger partial charge in [0, 0.05) is 11.9 Å². The van der Waals surface area contributed by atoms with Crippen molar-refractivity contribution in [2.45, 2.75) is 6.54 Å². The first-order valence-electron chi connectivity index (χ1n) is 11.7. The summed E-state index contributed by atoms with van der Waals surface area (Å²) in [5.74, 6) is 0.716. The molecule has 0 aliphatic rings. The highest BCUT2D eigenvalue weighted by Crippen LogP contribution is 2.37. The first-order chi connectivity index (χ1) is 18.7. The molecule has 0 atom stereocenters. The lowest BCUT2D eigenvalue weighted by molar-refractivity contribution is -0.383. The van der Waals surface area contributed by atoms with E-state index in [-0.39, 0.29) is 17.3 Å². The van der Waals surface area contributed by atoms with Crippen LogP contribution in [0, 0.1) is 10.1 Å². The van der Waals surface area contributed by atoms with Crippen molar-refractivity contribution in [1.29, 1.82) is 0 Å². The summed E-state index contributed by atoms with van der Waals surface area (Å²) in [5, 5.41) is 23.8. The number of pyridine rings is 1. The molecule has 0 spiro atoms. The zero-order chi connectivity index (χ0) is 26.2. The molecule has 2 heterocycles. The van der Waals surface area contributed by atoms with Crippen LogP contribution >= 0.6 is 0 Å². The van der Waals surface area contributed by atoms with Gasteiger partial charge in [-0.1, -0.05) is 54.6 Å². The molecule has 0 aliphatic carbocycles. The number of hydrogen-bond acceptors (Lipinski definition) is 9. The Morgan fingerprint density at radius 1 is 0.763 bits per heavy atom. The number of nitrogens with zero attached hydrogens (tertiary/aromatic N) is 7. The zero-order valence-corrected chi connectivity index (χ0v) is 20.1. The van der Waals surface area contributed by atoms with E-state index in [1.165, 1.54) is 6.33 Å². The van der Waals surface area contributed by atoms with E-state index in [1.807, 2.05) is 66.7 Å². The van der Waals surface area contributed by atoms with Crippen molar-refractivity contribution in [3.05, 3.63) is 131 Å². The summed E-state index contributed by atoms with van der Waals surface area (Å²) < 4.78 is 0. The second kappa shape index (κ2) is 11.5. The van der Waals surface area contributed by atoms with Crippen molar-refractivity contribution in [3.63, 3.8) is 0 Å². The summed E-state index contributed by atoms with van der Waals surface area (Å²) >= 11 is 0. The van der Waals surface area contributed by atoms with Crippen LogP contribution in [0.25, 0.3) is 0 Å². The van der Waals surface area contributed by atoms with Crippen LogP contribution in [0.2, 0.25) is 0 Å². The summed E-state index contributed by atoms with van der Waals surface area (Å²) in [6.07, 6.45) is 2.93. The van der Waals surface area contributed by atoms with Crippen LogP contribution in [0.15, 0.2) is 126 Å². The zero-order valence-electron chi connectivity index (χ0n) is 20.1. The number of anilines is 4. The second-order valence-corrected chi connectivity index (χ2v) is 8.12. The number of rotatable bonds is 9. The molecule has 186 valence electrons. The number of hydrogen-bond donors (Lipinski definition) is 1. The third-order valence-electron chi connectivity index (χ3n) is 5.52. The highest BCUT2D eigenvalue weighted by atomic mass is 16.6. The molecular formula is C28H22N8O2. The van der Waals surface area contributed by atoms with E-state index in [9.17, 15) is 10.1 Å². The average molecular weight is 503 g/mol. The Balaban J connectivity index is 1.45. The van der Waals surface area contributed by atoms with Gasteiger partial charge in [-0.3, -0.25) is 10.1 Å². The van der Waals surface area contributed by atoms with E-state index in [2.05, 4.69) is 30.5 Å². The maximum Gasteiger partial charge on any atom is 0.354 e. The fraction of sp³-hybridized carbons (Fsp3) is 0.0357. The smallest absolute Gasteiger partial charge is 0.334 e. The predicted molar refractivity (Wildman–Crippen MR) is 146 cm³/mol. The molecule has 0 bridgehead atoms. The summed E-state index contributed by atoms with van der Waals surface area (Å²) in [6.45, 7) is 0.330. The van der Waals surface area contributed by atoms with Crippen molar-refractivity contribution in [2.75, 3.05) is 10.2 Å². The van der Waals surface area contributed by atoms with Gasteiger partial charge in [0.2, 0.25) is 11.6 Å². The van der Waals surface area contributed by atoms with Gasteiger partial charge in [0.25, 0.3) is 0 Å². The lowest BCUT2D eigenvalue weighted by Gasteiger charge is -2.23. The maximum atomic E-state index is 12.3. The number of benzene rings is 3. The number of nitro groups is 1. The van der Waals surface area contributed by atoms with Gasteiger partial charge in [0.05, 0.1) is 22.8 Å². The largest absolute Gasteiger partial charge is 0.354 e. The van der Waals surface area contributed by atoms with E-state index in [4.69, 9.17) is 0 Å². The molecule has 2 aromatic heterocycles. The van der Waals surface area contributed by atoms with Crippen LogP contribution in [0.3, 0.4) is 0 Å². The Morgan fingerprint density at radius 3 is 2.08 bits per heavy atom. The van der Waals surface area contributed by atoms with Crippen LogP contribution in [-0.2, 0) is 6.54 Å². The molecule has 0 unspecified atom stereocenters. The van der Waals surface area contributed by atoms with Crippen molar-refractivity contribution in [2.24, 2.45) is 10.2 Å². The van der Waals surface area contributed by atoms with E-state index >= 15 is 0 Å². The molecular weight excluding hydrogens is 480 g/mol. The maximum absolute atomic E-state index is 12.3. The van der Waals surface area contributed by atoms with E-state index in [0.29, 0.717) is 23.7 Å². The highest BCUT2D eigenvalue weighted by molar-refractivity contribution is 5.77. The van der Waals surface area contributed by atoms with Crippen LogP contribution in [-0.4, -0.2) is 19.9 Å². The quantitative estimate of drug-likeness (QED) is 0.128. The van der Waals surface area contributed by atoms with Gasteiger partial charge in [0.1, 0.15) is 12.1 Å². The van der Waals surface area contributed by atoms with Crippen molar-refractivity contribution < 1.29 is 4.92 Å². The topological polar surface area (TPSA) is 122 Å². The van der Waals surface area contributed by atoms with Gasteiger partial charge in [0.15, 0.2) is 0 Å². The Bertz CT molecular complexity index is 1530. The molecule has 0 aliphatic heterocycles. The summed E-state index contributed by atoms with van der Waals surface area (Å²) in [7, 11) is 0. The minimum absolute atomic E-state index is 0.0626. The molecule has 10 nitrogen and oxygen atoms in total. The minimum Gasteiger partial charge on any atom is -0.334 e. The average Bonchev–Trinajstić information content (AvgIpc) is 2.97. The molecule has 1 N–H and O–H groups in total. The van der Waals surface area contributed by atoms with Gasteiger partial charge < -0.3 is 10.2 Å².